The van der Waals surface area contributed by atoms with Crippen LogP contribution in [0.5, 0.6) is 5.75 Å². The molecule has 1 aliphatic rings. The van der Waals surface area contributed by atoms with Gasteiger partial charge in [0.25, 0.3) is 0 Å². The molecule has 0 unspecified atom stereocenters. The van der Waals surface area contributed by atoms with Crippen LogP contribution in [0.4, 0.5) is 0 Å². The number of ether oxygens (including phenoxy) is 1. The number of ketones is 1. The molecule has 0 atom stereocenters. The summed E-state index contributed by atoms with van der Waals surface area (Å²) in [5.74, 6) is 1.07. The Morgan fingerprint density at radius 2 is 1.85 bits per heavy atom. The third-order valence-corrected chi connectivity index (χ3v) is 4.01. The van der Waals surface area contributed by atoms with Gasteiger partial charge in [0.05, 0.1) is 12.0 Å². The predicted molar refractivity (Wildman–Crippen MR) is 79.4 cm³/mol. The van der Waals surface area contributed by atoms with Gasteiger partial charge in [0.1, 0.15) is 5.75 Å². The highest BCUT2D eigenvalue weighted by atomic mass is 16.5. The van der Waals surface area contributed by atoms with Crippen LogP contribution in [0.3, 0.4) is 0 Å². The molecule has 2 aromatic carbocycles. The minimum absolute atomic E-state index is 0.151. The summed E-state index contributed by atoms with van der Waals surface area (Å²) in [5.41, 5.74) is 2.43. The van der Waals surface area contributed by atoms with Crippen LogP contribution in [-0.4, -0.2) is 12.4 Å². The number of carbonyl (C=O) groups is 1. The topological polar surface area (TPSA) is 26.3 Å². The second kappa shape index (κ2) is 4.78. The van der Waals surface area contributed by atoms with Crippen LogP contribution in [0.2, 0.25) is 0 Å². The first-order valence-electron chi connectivity index (χ1n) is 6.95. The van der Waals surface area contributed by atoms with Crippen LogP contribution in [0.25, 0.3) is 0 Å². The minimum Gasteiger partial charge on any atom is -0.493 e. The molecule has 0 saturated heterocycles. The van der Waals surface area contributed by atoms with Crippen LogP contribution in [-0.2, 0) is 11.8 Å². The summed E-state index contributed by atoms with van der Waals surface area (Å²) in [6.45, 7) is 4.68. The maximum absolute atomic E-state index is 12.8. The number of rotatable bonds is 3. The molecule has 2 aromatic rings. The van der Waals surface area contributed by atoms with Crippen molar-refractivity contribution >= 4 is 5.78 Å². The zero-order valence-electron chi connectivity index (χ0n) is 11.8. The molecule has 2 nitrogen and oxygen atoms in total. The van der Waals surface area contributed by atoms with E-state index in [0.29, 0.717) is 0 Å². The summed E-state index contributed by atoms with van der Waals surface area (Å²) < 4.78 is 5.49. The maximum atomic E-state index is 12.8. The molecule has 1 heterocycles. The zero-order valence-corrected chi connectivity index (χ0v) is 11.8. The Hall–Kier alpha value is -2.09. The number of fused-ring (bicyclic) bond motifs is 1. The molecule has 0 fully saturated rings. The van der Waals surface area contributed by atoms with Crippen LogP contribution < -0.4 is 4.74 Å². The summed E-state index contributed by atoms with van der Waals surface area (Å²) >= 11 is 0. The van der Waals surface area contributed by atoms with Crippen molar-refractivity contribution in [1.29, 1.82) is 0 Å². The van der Waals surface area contributed by atoms with Crippen molar-refractivity contribution in [3.05, 3.63) is 65.2 Å². The lowest BCUT2D eigenvalue weighted by Gasteiger charge is -2.24. The molecule has 0 amide bonds. The van der Waals surface area contributed by atoms with Gasteiger partial charge < -0.3 is 4.74 Å². The van der Waals surface area contributed by atoms with Crippen molar-refractivity contribution in [1.82, 2.24) is 0 Å². The van der Waals surface area contributed by atoms with E-state index in [4.69, 9.17) is 4.74 Å². The molecule has 20 heavy (non-hydrogen) atoms. The third-order valence-electron chi connectivity index (χ3n) is 4.01. The normalized spacial score (nSPS) is 13.7. The van der Waals surface area contributed by atoms with Gasteiger partial charge in [-0.05, 0) is 43.2 Å². The molecule has 2 heteroatoms. The van der Waals surface area contributed by atoms with Gasteiger partial charge in [0.2, 0.25) is 0 Å². The van der Waals surface area contributed by atoms with E-state index in [1.165, 1.54) is 0 Å². The monoisotopic (exact) mass is 266 g/mol. The fourth-order valence-electron chi connectivity index (χ4n) is 2.67. The van der Waals surface area contributed by atoms with E-state index in [0.717, 1.165) is 35.5 Å². The van der Waals surface area contributed by atoms with E-state index >= 15 is 0 Å². The van der Waals surface area contributed by atoms with E-state index in [1.54, 1.807) is 0 Å². The SMILES string of the molecule is CC(C)(C(=O)c1ccc2c(c1)CCO2)c1ccccc1. The van der Waals surface area contributed by atoms with Crippen molar-refractivity contribution < 1.29 is 9.53 Å². The highest BCUT2D eigenvalue weighted by Gasteiger charge is 2.31. The van der Waals surface area contributed by atoms with Gasteiger partial charge in [-0.1, -0.05) is 30.3 Å². The average Bonchev–Trinajstić information content (AvgIpc) is 2.94. The molecule has 0 bridgehead atoms. The number of Topliss-reactive ketones (excluding diaryl/α,β-unsaturated/α-hetero) is 1. The highest BCUT2D eigenvalue weighted by Crippen LogP contribution is 2.31. The van der Waals surface area contributed by atoms with Gasteiger partial charge in [0.15, 0.2) is 5.78 Å². The van der Waals surface area contributed by atoms with Crippen molar-refractivity contribution in [2.24, 2.45) is 0 Å². The number of hydrogen-bond donors (Lipinski definition) is 0. The fourth-order valence-corrected chi connectivity index (χ4v) is 2.67. The van der Waals surface area contributed by atoms with Gasteiger partial charge >= 0.3 is 0 Å². The number of hydrogen-bond acceptors (Lipinski definition) is 2. The van der Waals surface area contributed by atoms with E-state index in [-0.39, 0.29) is 5.78 Å². The van der Waals surface area contributed by atoms with Crippen molar-refractivity contribution in [2.75, 3.05) is 6.61 Å². The van der Waals surface area contributed by atoms with Gasteiger partial charge in [-0.3, -0.25) is 4.79 Å². The lowest BCUT2D eigenvalue weighted by molar-refractivity contribution is 0.0908. The largest absolute Gasteiger partial charge is 0.493 e. The van der Waals surface area contributed by atoms with Crippen LogP contribution >= 0.6 is 0 Å². The second-order valence-corrected chi connectivity index (χ2v) is 5.74. The molecule has 0 saturated carbocycles. The highest BCUT2D eigenvalue weighted by molar-refractivity contribution is 6.03. The molecule has 0 aliphatic carbocycles. The fraction of sp³-hybridized carbons (Fsp3) is 0.278. The molecular formula is C18H18O2. The summed E-state index contributed by atoms with van der Waals surface area (Å²) in [6.07, 6.45) is 0.891. The van der Waals surface area contributed by atoms with Crippen molar-refractivity contribution in [3.8, 4) is 5.75 Å². The lowest BCUT2D eigenvalue weighted by Crippen LogP contribution is -2.29. The second-order valence-electron chi connectivity index (χ2n) is 5.74. The van der Waals surface area contributed by atoms with E-state index < -0.39 is 5.41 Å². The maximum Gasteiger partial charge on any atom is 0.172 e. The molecule has 3 rings (SSSR count). The van der Waals surface area contributed by atoms with Crippen LogP contribution in [0.15, 0.2) is 48.5 Å². The number of carbonyl (C=O) groups excluding carboxylic acids is 1. The van der Waals surface area contributed by atoms with Crippen LogP contribution in [0, 0.1) is 0 Å². The molecule has 0 spiro atoms. The molecule has 0 radical (unpaired) electrons. The first-order chi connectivity index (χ1) is 9.59. The Balaban J connectivity index is 1.96. The molecular weight excluding hydrogens is 248 g/mol. The van der Waals surface area contributed by atoms with Gasteiger partial charge in [-0.25, -0.2) is 0 Å². The Morgan fingerprint density at radius 3 is 2.60 bits per heavy atom. The van der Waals surface area contributed by atoms with Crippen molar-refractivity contribution in [2.45, 2.75) is 25.7 Å². The molecule has 0 aromatic heterocycles. The minimum atomic E-state index is -0.519. The van der Waals surface area contributed by atoms with Gasteiger partial charge in [0, 0.05) is 12.0 Å². The first-order valence-corrected chi connectivity index (χ1v) is 6.95. The Labute approximate surface area is 119 Å². The third kappa shape index (κ3) is 2.11. The smallest absolute Gasteiger partial charge is 0.172 e. The summed E-state index contributed by atoms with van der Waals surface area (Å²) in [7, 11) is 0. The lowest BCUT2D eigenvalue weighted by atomic mass is 9.78. The standard InChI is InChI=1S/C18H18O2/c1-18(2,15-6-4-3-5-7-15)17(19)14-8-9-16-13(12-14)10-11-20-16/h3-9,12H,10-11H2,1-2H3. The number of benzene rings is 2. The van der Waals surface area contributed by atoms with Gasteiger partial charge in [-0.2, -0.15) is 0 Å². The van der Waals surface area contributed by atoms with E-state index in [1.807, 2.05) is 62.4 Å². The quantitative estimate of drug-likeness (QED) is 0.790. The Bertz CT molecular complexity index is 642. The van der Waals surface area contributed by atoms with Crippen molar-refractivity contribution in [3.63, 3.8) is 0 Å². The first kappa shape index (κ1) is 12.9. The van der Waals surface area contributed by atoms with E-state index in [2.05, 4.69) is 0 Å². The Kier molecular flexibility index (Phi) is 3.09. The summed E-state index contributed by atoms with van der Waals surface area (Å²) in [4.78, 5) is 12.8. The summed E-state index contributed by atoms with van der Waals surface area (Å²) in [6, 6.07) is 15.7. The average molecular weight is 266 g/mol. The zero-order chi connectivity index (χ0) is 14.2. The Morgan fingerprint density at radius 1 is 1.10 bits per heavy atom. The summed E-state index contributed by atoms with van der Waals surface area (Å²) in [5, 5.41) is 0. The van der Waals surface area contributed by atoms with E-state index in [9.17, 15) is 4.79 Å². The van der Waals surface area contributed by atoms with Crippen LogP contribution in [0.1, 0.15) is 35.3 Å². The van der Waals surface area contributed by atoms with Gasteiger partial charge in [-0.15, -0.1) is 0 Å². The molecule has 0 N–H and O–H groups in total. The molecule has 1 aliphatic heterocycles. The molecule has 102 valence electrons. The predicted octanol–water partition coefficient (Wildman–Crippen LogP) is 3.78.